The van der Waals surface area contributed by atoms with Crippen molar-refractivity contribution in [3.8, 4) is 0 Å². The molecule has 0 aromatic rings. The van der Waals surface area contributed by atoms with Crippen LogP contribution in [0.1, 0.15) is 47.5 Å². The van der Waals surface area contributed by atoms with Crippen LogP contribution in [0, 0.1) is 11.8 Å². The van der Waals surface area contributed by atoms with Gasteiger partial charge in [-0.3, -0.25) is 4.79 Å². The first-order valence-corrected chi connectivity index (χ1v) is 5.81. The van der Waals surface area contributed by atoms with Gasteiger partial charge in [-0.25, -0.2) is 0 Å². The lowest BCUT2D eigenvalue weighted by Crippen LogP contribution is -2.40. The van der Waals surface area contributed by atoms with E-state index >= 15 is 0 Å². The highest BCUT2D eigenvalue weighted by Gasteiger charge is 2.16. The molecule has 2 N–H and O–H groups in total. The molecule has 3 heteroatoms. The van der Waals surface area contributed by atoms with E-state index in [0.29, 0.717) is 11.8 Å². The minimum absolute atomic E-state index is 0.268. The Balaban J connectivity index is 3.82. The summed E-state index contributed by atoms with van der Waals surface area (Å²) >= 11 is 0. The largest absolute Gasteiger partial charge is 0.480 e. The molecule has 0 saturated heterocycles. The zero-order chi connectivity index (χ0) is 12.0. The quantitative estimate of drug-likeness (QED) is 0.686. The minimum atomic E-state index is -0.779. The van der Waals surface area contributed by atoms with E-state index in [4.69, 9.17) is 5.11 Å². The van der Waals surface area contributed by atoms with Crippen LogP contribution in [-0.2, 0) is 4.79 Å². The number of carboxylic acids is 1. The Morgan fingerprint density at radius 3 is 2.07 bits per heavy atom. The van der Waals surface area contributed by atoms with Crippen LogP contribution in [0.3, 0.4) is 0 Å². The van der Waals surface area contributed by atoms with Gasteiger partial charge in [-0.1, -0.05) is 20.8 Å². The van der Waals surface area contributed by atoms with E-state index in [1.165, 1.54) is 6.42 Å². The second-order valence-electron chi connectivity index (χ2n) is 5.10. The summed E-state index contributed by atoms with van der Waals surface area (Å²) in [5, 5.41) is 11.8. The molecule has 3 atom stereocenters. The molecule has 0 spiro atoms. The van der Waals surface area contributed by atoms with Crippen molar-refractivity contribution in [2.24, 2.45) is 11.8 Å². The van der Waals surface area contributed by atoms with Gasteiger partial charge in [0.15, 0.2) is 0 Å². The molecule has 0 aromatic heterocycles. The van der Waals surface area contributed by atoms with Crippen molar-refractivity contribution >= 4 is 5.97 Å². The molecule has 0 aliphatic carbocycles. The van der Waals surface area contributed by atoms with E-state index in [2.05, 4.69) is 33.0 Å². The molecule has 0 amide bonds. The van der Waals surface area contributed by atoms with Crippen LogP contribution in [0.15, 0.2) is 0 Å². The lowest BCUT2D eigenvalue weighted by atomic mass is 9.93. The molecular formula is C12H25NO2. The fourth-order valence-electron chi connectivity index (χ4n) is 2.07. The van der Waals surface area contributed by atoms with Crippen LogP contribution < -0.4 is 5.32 Å². The van der Waals surface area contributed by atoms with Gasteiger partial charge in [0.05, 0.1) is 0 Å². The molecule has 0 aliphatic heterocycles. The van der Waals surface area contributed by atoms with Crippen molar-refractivity contribution in [1.82, 2.24) is 5.32 Å². The zero-order valence-electron chi connectivity index (χ0n) is 10.6. The van der Waals surface area contributed by atoms with E-state index in [1.54, 1.807) is 6.92 Å². The second-order valence-corrected chi connectivity index (χ2v) is 5.10. The van der Waals surface area contributed by atoms with Gasteiger partial charge in [-0.2, -0.15) is 0 Å². The summed E-state index contributed by atoms with van der Waals surface area (Å²) < 4.78 is 0. The van der Waals surface area contributed by atoms with Crippen LogP contribution in [0.2, 0.25) is 0 Å². The summed E-state index contributed by atoms with van der Waals surface area (Å²) in [6.45, 7) is 10.4. The van der Waals surface area contributed by atoms with Crippen molar-refractivity contribution < 1.29 is 9.90 Å². The zero-order valence-corrected chi connectivity index (χ0v) is 10.6. The normalized spacial score (nSPS) is 17.5. The van der Waals surface area contributed by atoms with Gasteiger partial charge in [0.2, 0.25) is 0 Å². The summed E-state index contributed by atoms with van der Waals surface area (Å²) in [4.78, 5) is 10.6. The van der Waals surface area contributed by atoms with E-state index in [0.717, 1.165) is 6.42 Å². The van der Waals surface area contributed by atoms with Gasteiger partial charge < -0.3 is 10.4 Å². The molecule has 0 heterocycles. The van der Waals surface area contributed by atoms with Gasteiger partial charge in [0, 0.05) is 6.04 Å². The highest BCUT2D eigenvalue weighted by Crippen LogP contribution is 2.16. The molecule has 0 bridgehead atoms. The molecule has 0 aliphatic rings. The molecule has 0 saturated carbocycles. The van der Waals surface area contributed by atoms with E-state index in [1.807, 2.05) is 0 Å². The highest BCUT2D eigenvalue weighted by molar-refractivity contribution is 5.72. The number of nitrogens with one attached hydrogen (secondary N) is 1. The number of rotatable bonds is 7. The third-order valence-corrected chi connectivity index (χ3v) is 2.53. The van der Waals surface area contributed by atoms with Gasteiger partial charge in [0.25, 0.3) is 0 Å². The predicted octanol–water partition coefficient (Wildman–Crippen LogP) is 2.51. The van der Waals surface area contributed by atoms with Crippen LogP contribution >= 0.6 is 0 Å². The maximum atomic E-state index is 10.6. The van der Waals surface area contributed by atoms with Crippen molar-refractivity contribution in [3.63, 3.8) is 0 Å². The molecule has 0 rings (SSSR count). The van der Waals surface area contributed by atoms with Crippen molar-refractivity contribution in [3.05, 3.63) is 0 Å². The van der Waals surface area contributed by atoms with Crippen molar-refractivity contribution in [2.45, 2.75) is 59.5 Å². The summed E-state index contributed by atoms with van der Waals surface area (Å²) in [5.41, 5.74) is 0. The van der Waals surface area contributed by atoms with Crippen LogP contribution in [0.25, 0.3) is 0 Å². The van der Waals surface area contributed by atoms with E-state index < -0.39 is 12.0 Å². The average molecular weight is 215 g/mol. The summed E-state index contributed by atoms with van der Waals surface area (Å²) in [7, 11) is 0. The van der Waals surface area contributed by atoms with E-state index in [-0.39, 0.29) is 6.04 Å². The molecule has 90 valence electrons. The number of aliphatic carboxylic acids is 1. The fraction of sp³-hybridized carbons (Fsp3) is 0.917. The van der Waals surface area contributed by atoms with Gasteiger partial charge in [0.1, 0.15) is 6.04 Å². The maximum Gasteiger partial charge on any atom is 0.320 e. The summed E-state index contributed by atoms with van der Waals surface area (Å²) in [5.74, 6) is 0.580. The van der Waals surface area contributed by atoms with Crippen LogP contribution in [0.4, 0.5) is 0 Å². The molecule has 15 heavy (non-hydrogen) atoms. The minimum Gasteiger partial charge on any atom is -0.480 e. The summed E-state index contributed by atoms with van der Waals surface area (Å²) in [6, 6.07) is -0.184. The first-order chi connectivity index (χ1) is 6.82. The third-order valence-electron chi connectivity index (χ3n) is 2.53. The monoisotopic (exact) mass is 215 g/mol. The SMILES string of the molecule is CC(C)CC(C)CC(C)N[C@@H](C)C(=O)O. The van der Waals surface area contributed by atoms with Crippen molar-refractivity contribution in [1.29, 1.82) is 0 Å². The first-order valence-electron chi connectivity index (χ1n) is 5.81. The second kappa shape index (κ2) is 6.83. The Morgan fingerprint density at radius 1 is 1.13 bits per heavy atom. The molecule has 2 unspecified atom stereocenters. The predicted molar refractivity (Wildman–Crippen MR) is 62.9 cm³/mol. The molecular weight excluding hydrogens is 190 g/mol. The Bertz CT molecular complexity index is 192. The lowest BCUT2D eigenvalue weighted by Gasteiger charge is -2.21. The smallest absolute Gasteiger partial charge is 0.320 e. The number of carbonyl (C=O) groups is 1. The highest BCUT2D eigenvalue weighted by atomic mass is 16.4. The Labute approximate surface area is 93.3 Å². The van der Waals surface area contributed by atoms with Crippen LogP contribution in [0.5, 0.6) is 0 Å². The number of hydrogen-bond acceptors (Lipinski definition) is 2. The Kier molecular flexibility index (Phi) is 6.57. The Hall–Kier alpha value is -0.570. The molecule has 3 nitrogen and oxygen atoms in total. The number of hydrogen-bond donors (Lipinski definition) is 2. The summed E-state index contributed by atoms with van der Waals surface area (Å²) in [6.07, 6.45) is 2.24. The van der Waals surface area contributed by atoms with Crippen molar-refractivity contribution in [2.75, 3.05) is 0 Å². The topological polar surface area (TPSA) is 49.3 Å². The standard InChI is InChI=1S/C12H25NO2/c1-8(2)6-9(3)7-10(4)13-11(5)12(14)15/h8-11,13H,6-7H2,1-5H3,(H,14,15)/t9?,10?,11-/m0/s1. The van der Waals surface area contributed by atoms with E-state index in [9.17, 15) is 4.79 Å². The van der Waals surface area contributed by atoms with Gasteiger partial charge in [-0.15, -0.1) is 0 Å². The Morgan fingerprint density at radius 2 is 1.67 bits per heavy atom. The molecule has 0 fully saturated rings. The molecule has 0 radical (unpaired) electrons. The third kappa shape index (κ3) is 7.37. The fourth-order valence-corrected chi connectivity index (χ4v) is 2.07. The molecule has 0 aromatic carbocycles. The lowest BCUT2D eigenvalue weighted by molar-refractivity contribution is -0.139. The average Bonchev–Trinajstić information content (AvgIpc) is 2.00. The van der Waals surface area contributed by atoms with Crippen LogP contribution in [-0.4, -0.2) is 23.2 Å². The number of carboxylic acid groups (broad SMARTS) is 1. The van der Waals surface area contributed by atoms with Gasteiger partial charge in [-0.05, 0) is 38.5 Å². The van der Waals surface area contributed by atoms with Gasteiger partial charge >= 0.3 is 5.97 Å². The first kappa shape index (κ1) is 14.4. The maximum absolute atomic E-state index is 10.6.